The van der Waals surface area contributed by atoms with Gasteiger partial charge in [0.25, 0.3) is 5.91 Å². The summed E-state index contributed by atoms with van der Waals surface area (Å²) in [7, 11) is 1.56. The number of halogens is 1. The Labute approximate surface area is 171 Å². The summed E-state index contributed by atoms with van der Waals surface area (Å²) in [5.41, 5.74) is 7.83. The van der Waals surface area contributed by atoms with Crippen molar-refractivity contribution in [3.05, 3.63) is 64.3 Å². The number of hydrogen-bond acceptors (Lipinski definition) is 5. The van der Waals surface area contributed by atoms with Crippen molar-refractivity contribution in [2.75, 3.05) is 7.11 Å². The molecule has 0 bridgehead atoms. The molecule has 0 aliphatic heterocycles. The van der Waals surface area contributed by atoms with Crippen LogP contribution in [-0.2, 0) is 11.2 Å². The number of aromatic nitrogens is 1. The molecule has 0 amide bonds. The van der Waals surface area contributed by atoms with Crippen molar-refractivity contribution in [3.8, 4) is 5.75 Å². The first-order chi connectivity index (χ1) is 13.3. The van der Waals surface area contributed by atoms with Gasteiger partial charge in [0, 0.05) is 28.1 Å². The van der Waals surface area contributed by atoms with Gasteiger partial charge < -0.3 is 10.5 Å². The molecule has 0 fully saturated rings. The number of fused-ring (bicyclic) bond motifs is 1. The Kier molecular flexibility index (Phi) is 5.76. The van der Waals surface area contributed by atoms with Crippen molar-refractivity contribution in [1.29, 1.82) is 5.41 Å². The quantitative estimate of drug-likeness (QED) is 0.495. The summed E-state index contributed by atoms with van der Waals surface area (Å²) < 4.78 is 6.88. The number of thioether (sulfide) groups is 1. The second-order valence-electron chi connectivity index (χ2n) is 6.11. The summed E-state index contributed by atoms with van der Waals surface area (Å²) in [6, 6.07) is 12.0. The predicted octanol–water partition coefficient (Wildman–Crippen LogP) is 4.00. The van der Waals surface area contributed by atoms with Crippen molar-refractivity contribution < 1.29 is 14.3 Å². The summed E-state index contributed by atoms with van der Waals surface area (Å²) in [5.74, 6) is 0.402. The standard InChI is InChI=1S/C20H18ClN3O3S/c1-11-15(10-18(25)28-20(22)23)16-9-14(27-2)7-8-17(16)24(11)19(26)12-3-5-13(21)6-4-12/h3-9H,10H2,1-2H3,(H3,22,23). The van der Waals surface area contributed by atoms with E-state index in [1.165, 1.54) is 0 Å². The Bertz CT molecular complexity index is 1090. The summed E-state index contributed by atoms with van der Waals surface area (Å²) >= 11 is 6.60. The van der Waals surface area contributed by atoms with Gasteiger partial charge >= 0.3 is 0 Å². The van der Waals surface area contributed by atoms with E-state index >= 15 is 0 Å². The maximum atomic E-state index is 13.2. The lowest BCUT2D eigenvalue weighted by Gasteiger charge is -2.08. The van der Waals surface area contributed by atoms with Crippen LogP contribution in [-0.4, -0.2) is 27.9 Å². The molecule has 0 spiro atoms. The van der Waals surface area contributed by atoms with E-state index in [2.05, 4.69) is 0 Å². The molecule has 1 heterocycles. The van der Waals surface area contributed by atoms with Gasteiger partial charge in [0.2, 0.25) is 5.12 Å². The first kappa shape index (κ1) is 20.0. The minimum Gasteiger partial charge on any atom is -0.497 e. The minimum atomic E-state index is -0.267. The van der Waals surface area contributed by atoms with Crippen molar-refractivity contribution in [2.24, 2.45) is 5.73 Å². The minimum absolute atomic E-state index is 0.0423. The topological polar surface area (TPSA) is 98.2 Å². The largest absolute Gasteiger partial charge is 0.497 e. The summed E-state index contributed by atoms with van der Waals surface area (Å²) in [6.45, 7) is 1.79. The van der Waals surface area contributed by atoms with Gasteiger partial charge in [-0.3, -0.25) is 19.6 Å². The van der Waals surface area contributed by atoms with E-state index in [0.717, 1.165) is 5.39 Å². The predicted molar refractivity (Wildman–Crippen MR) is 113 cm³/mol. The molecule has 0 aliphatic carbocycles. The molecule has 3 rings (SSSR count). The number of nitrogens with two attached hydrogens (primary N) is 1. The number of methoxy groups -OCH3 is 1. The summed E-state index contributed by atoms with van der Waals surface area (Å²) in [5, 5.41) is 8.07. The molecule has 0 unspecified atom stereocenters. The molecule has 8 heteroatoms. The second kappa shape index (κ2) is 8.08. The highest BCUT2D eigenvalue weighted by molar-refractivity contribution is 8.26. The smallest absolute Gasteiger partial charge is 0.262 e. The number of nitrogens with one attached hydrogen (secondary N) is 1. The van der Waals surface area contributed by atoms with Crippen LogP contribution in [0.4, 0.5) is 0 Å². The lowest BCUT2D eigenvalue weighted by atomic mass is 10.1. The van der Waals surface area contributed by atoms with Gasteiger partial charge in [-0.1, -0.05) is 11.6 Å². The van der Waals surface area contributed by atoms with Crippen LogP contribution in [0, 0.1) is 12.3 Å². The molecular weight excluding hydrogens is 398 g/mol. The van der Waals surface area contributed by atoms with Crippen LogP contribution < -0.4 is 10.5 Å². The van der Waals surface area contributed by atoms with Crippen LogP contribution >= 0.6 is 23.4 Å². The van der Waals surface area contributed by atoms with Crippen molar-refractivity contribution in [2.45, 2.75) is 13.3 Å². The molecule has 3 aromatic rings. The number of rotatable bonds is 4. The number of nitrogens with zero attached hydrogens (tertiary/aromatic N) is 1. The van der Waals surface area contributed by atoms with E-state index in [0.29, 0.717) is 44.9 Å². The van der Waals surface area contributed by atoms with Gasteiger partial charge in [0.1, 0.15) is 5.75 Å². The Hall–Kier alpha value is -2.77. The lowest BCUT2D eigenvalue weighted by Crippen LogP contribution is -2.14. The third-order valence-corrected chi connectivity index (χ3v) is 5.22. The second-order valence-corrected chi connectivity index (χ2v) is 7.65. The molecule has 0 atom stereocenters. The molecule has 28 heavy (non-hydrogen) atoms. The van der Waals surface area contributed by atoms with E-state index in [1.54, 1.807) is 61.1 Å². The molecule has 0 aliphatic rings. The fourth-order valence-corrected chi connectivity index (χ4v) is 3.69. The fourth-order valence-electron chi connectivity index (χ4n) is 3.10. The zero-order chi connectivity index (χ0) is 20.4. The monoisotopic (exact) mass is 415 g/mol. The van der Waals surface area contributed by atoms with E-state index in [9.17, 15) is 9.59 Å². The van der Waals surface area contributed by atoms with Gasteiger partial charge in [-0.25, -0.2) is 0 Å². The highest BCUT2D eigenvalue weighted by atomic mass is 35.5. The zero-order valence-electron chi connectivity index (χ0n) is 15.3. The molecule has 6 nitrogen and oxygen atoms in total. The van der Waals surface area contributed by atoms with E-state index < -0.39 is 0 Å². The number of ether oxygens (including phenoxy) is 1. The molecule has 144 valence electrons. The maximum absolute atomic E-state index is 13.2. The number of benzene rings is 2. The molecule has 2 aromatic carbocycles. The first-order valence-electron chi connectivity index (χ1n) is 8.34. The van der Waals surface area contributed by atoms with Gasteiger partial charge in [0.05, 0.1) is 12.6 Å². The number of hydrogen-bond donors (Lipinski definition) is 2. The first-order valence-corrected chi connectivity index (χ1v) is 9.54. The zero-order valence-corrected chi connectivity index (χ0v) is 16.9. The van der Waals surface area contributed by atoms with Crippen LogP contribution in [0.5, 0.6) is 5.75 Å². The van der Waals surface area contributed by atoms with Crippen molar-refractivity contribution >= 4 is 50.5 Å². The Morgan fingerprint density at radius 2 is 1.89 bits per heavy atom. The fraction of sp³-hybridized carbons (Fsp3) is 0.150. The highest BCUT2D eigenvalue weighted by Crippen LogP contribution is 2.31. The summed E-state index contributed by atoms with van der Waals surface area (Å²) in [6.07, 6.45) is 0.0423. The third-order valence-electron chi connectivity index (χ3n) is 4.38. The number of carbonyl (C=O) groups is 2. The van der Waals surface area contributed by atoms with Crippen LogP contribution in [0.1, 0.15) is 21.6 Å². The molecule has 0 saturated carbocycles. The molecule has 1 aromatic heterocycles. The van der Waals surface area contributed by atoms with E-state index in [1.807, 2.05) is 0 Å². The van der Waals surface area contributed by atoms with Gasteiger partial charge in [0.15, 0.2) is 5.17 Å². The van der Waals surface area contributed by atoms with Crippen LogP contribution in [0.25, 0.3) is 10.9 Å². The van der Waals surface area contributed by atoms with Crippen LogP contribution in [0.2, 0.25) is 5.02 Å². The van der Waals surface area contributed by atoms with Gasteiger partial charge in [-0.15, -0.1) is 0 Å². The third kappa shape index (κ3) is 3.90. The van der Waals surface area contributed by atoms with E-state index in [-0.39, 0.29) is 22.6 Å². The molecule has 0 radical (unpaired) electrons. The van der Waals surface area contributed by atoms with Crippen molar-refractivity contribution in [3.63, 3.8) is 0 Å². The SMILES string of the molecule is COc1ccc2c(c1)c(CC(=O)SC(=N)N)c(C)n2C(=O)c1ccc(Cl)cc1. The molecular formula is C20H18ClN3O3S. The van der Waals surface area contributed by atoms with E-state index in [4.69, 9.17) is 27.5 Å². The van der Waals surface area contributed by atoms with Gasteiger partial charge in [-0.2, -0.15) is 0 Å². The number of amidine groups is 1. The highest BCUT2D eigenvalue weighted by Gasteiger charge is 2.22. The van der Waals surface area contributed by atoms with Gasteiger partial charge in [-0.05, 0) is 66.7 Å². The van der Waals surface area contributed by atoms with Crippen LogP contribution in [0.15, 0.2) is 42.5 Å². The average molecular weight is 416 g/mol. The Morgan fingerprint density at radius 1 is 1.21 bits per heavy atom. The normalized spacial score (nSPS) is 10.8. The lowest BCUT2D eigenvalue weighted by molar-refractivity contribution is -0.110. The van der Waals surface area contributed by atoms with Crippen molar-refractivity contribution in [1.82, 2.24) is 4.57 Å². The average Bonchev–Trinajstić information content (AvgIpc) is 2.92. The van der Waals surface area contributed by atoms with Crippen LogP contribution in [0.3, 0.4) is 0 Å². The number of carbonyl (C=O) groups excluding carboxylic acids is 2. The maximum Gasteiger partial charge on any atom is 0.262 e. The molecule has 3 N–H and O–H groups in total. The molecule has 0 saturated heterocycles. The Morgan fingerprint density at radius 3 is 2.50 bits per heavy atom. The summed E-state index contributed by atoms with van der Waals surface area (Å²) in [4.78, 5) is 25.4. The Balaban J connectivity index is 2.16.